The van der Waals surface area contributed by atoms with Crippen LogP contribution in [0.25, 0.3) is 21.8 Å². The highest BCUT2D eigenvalue weighted by Crippen LogP contribution is 2.32. The molecule has 0 spiro atoms. The van der Waals surface area contributed by atoms with Crippen LogP contribution in [0.15, 0.2) is 61.2 Å². The number of fused-ring (bicyclic) bond motifs is 6. The lowest BCUT2D eigenvalue weighted by molar-refractivity contribution is 0.0718. The van der Waals surface area contributed by atoms with Gasteiger partial charge in [-0.2, -0.15) is 0 Å². The first-order valence-electron chi connectivity index (χ1n) is 15.0. The van der Waals surface area contributed by atoms with Gasteiger partial charge in [0, 0.05) is 84.6 Å². The topological polar surface area (TPSA) is 108 Å². The number of benzene rings is 2. The fraction of sp³-hybridized carbons (Fsp3) is 0.294. The highest BCUT2D eigenvalue weighted by molar-refractivity contribution is 6.10. The number of rotatable bonds is 4. The van der Waals surface area contributed by atoms with Crippen LogP contribution in [-0.4, -0.2) is 63.8 Å². The molecule has 6 aromatic rings. The van der Waals surface area contributed by atoms with E-state index < -0.39 is 0 Å². The van der Waals surface area contributed by atoms with Gasteiger partial charge in [0.05, 0.1) is 48.3 Å². The first-order chi connectivity index (χ1) is 21.3. The molecular weight excluding hydrogens is 588 g/mol. The van der Waals surface area contributed by atoms with Crippen molar-refractivity contribution in [3.8, 4) is 0 Å². The fourth-order valence-corrected chi connectivity index (χ4v) is 6.71. The monoisotopic (exact) mass is 624 g/mol. The number of hydrogen-bond acceptors (Lipinski definition) is 4. The minimum absolute atomic E-state index is 0. The van der Waals surface area contributed by atoms with Gasteiger partial charge in [0.2, 0.25) is 0 Å². The minimum Gasteiger partial charge on any atom is -0.348 e. The molecule has 8 rings (SSSR count). The quantitative estimate of drug-likeness (QED) is 0.280. The van der Waals surface area contributed by atoms with Crippen molar-refractivity contribution in [2.24, 2.45) is 14.1 Å². The molecule has 2 aromatic carbocycles. The number of H-pyrrole nitrogens is 2. The third kappa shape index (κ3) is 5.08. The summed E-state index contributed by atoms with van der Waals surface area (Å²) in [5, 5.41) is 2.10. The third-order valence-electron chi connectivity index (χ3n) is 9.25. The van der Waals surface area contributed by atoms with Gasteiger partial charge in [-0.25, -0.2) is 9.97 Å². The van der Waals surface area contributed by atoms with Gasteiger partial charge in [-0.15, -0.1) is 12.4 Å². The van der Waals surface area contributed by atoms with Crippen LogP contribution in [0.4, 0.5) is 0 Å². The van der Waals surface area contributed by atoms with E-state index in [0.29, 0.717) is 13.1 Å². The summed E-state index contributed by atoms with van der Waals surface area (Å²) >= 11 is 0. The number of para-hydroxylation sites is 2. The van der Waals surface area contributed by atoms with E-state index in [9.17, 15) is 9.59 Å². The largest absolute Gasteiger partial charge is 0.348 e. The van der Waals surface area contributed by atoms with E-state index in [1.54, 1.807) is 12.7 Å². The van der Waals surface area contributed by atoms with Gasteiger partial charge in [-0.05, 0) is 26.0 Å². The summed E-state index contributed by atoms with van der Waals surface area (Å²) in [4.78, 5) is 44.5. The van der Waals surface area contributed by atoms with Crippen molar-refractivity contribution in [1.29, 1.82) is 0 Å². The molecule has 45 heavy (non-hydrogen) atoms. The van der Waals surface area contributed by atoms with Gasteiger partial charge in [-0.1, -0.05) is 36.4 Å². The number of aryl methyl sites for hydroxylation is 4. The lowest BCUT2D eigenvalue weighted by Crippen LogP contribution is -2.37. The number of amides is 2. The van der Waals surface area contributed by atoms with E-state index in [1.165, 1.54) is 0 Å². The summed E-state index contributed by atoms with van der Waals surface area (Å²) < 4.78 is 4.30. The standard InChI is InChI=1S/2C17H18N4O.ClH/c2*1-11-13(19-10-18-11)9-21-8-7-15-16(17(21)22)12-5-3-4-6-14(12)20(15)2;/h2*3-6,10H,7-9H2,1-2H3,(H,18,19);1H. The molecule has 4 aromatic heterocycles. The Kier molecular flexibility index (Phi) is 8.01. The summed E-state index contributed by atoms with van der Waals surface area (Å²) in [5.41, 5.74) is 10.2. The van der Waals surface area contributed by atoms with Gasteiger partial charge in [-0.3, -0.25) is 9.59 Å². The predicted molar refractivity (Wildman–Crippen MR) is 177 cm³/mol. The van der Waals surface area contributed by atoms with Crippen LogP contribution >= 0.6 is 12.4 Å². The highest BCUT2D eigenvalue weighted by Gasteiger charge is 2.31. The second kappa shape index (κ2) is 11.9. The molecule has 2 aliphatic rings. The van der Waals surface area contributed by atoms with Gasteiger partial charge < -0.3 is 28.9 Å². The lowest BCUT2D eigenvalue weighted by Gasteiger charge is -2.27. The Morgan fingerprint density at radius 1 is 0.667 bits per heavy atom. The average molecular weight is 625 g/mol. The summed E-state index contributed by atoms with van der Waals surface area (Å²) in [5.74, 6) is 0.223. The van der Waals surface area contributed by atoms with Gasteiger partial charge in [0.1, 0.15) is 0 Å². The SMILES string of the molecule is Cc1[nH]cnc1CN1CCc2c(c3ccccc3n2C)C1=O.Cc1[nH]cnc1CN1CCc2c(c3ccccc3n2C)C1=O.Cl. The fourth-order valence-electron chi connectivity index (χ4n) is 6.71. The molecule has 0 aliphatic carbocycles. The maximum atomic E-state index is 13.0. The van der Waals surface area contributed by atoms with Crippen molar-refractivity contribution in [2.75, 3.05) is 13.1 Å². The molecule has 11 heteroatoms. The summed E-state index contributed by atoms with van der Waals surface area (Å²) in [6.07, 6.45) is 5.14. The van der Waals surface area contributed by atoms with E-state index in [-0.39, 0.29) is 24.2 Å². The maximum Gasteiger partial charge on any atom is 0.256 e. The van der Waals surface area contributed by atoms with E-state index >= 15 is 0 Å². The lowest BCUT2D eigenvalue weighted by atomic mass is 10.0. The van der Waals surface area contributed by atoms with E-state index in [4.69, 9.17) is 0 Å². The van der Waals surface area contributed by atoms with Crippen molar-refractivity contribution in [2.45, 2.75) is 39.8 Å². The van der Waals surface area contributed by atoms with Gasteiger partial charge in [0.15, 0.2) is 0 Å². The third-order valence-corrected chi connectivity index (χ3v) is 9.25. The molecule has 2 amide bonds. The van der Waals surface area contributed by atoms with Crippen LogP contribution in [0.2, 0.25) is 0 Å². The number of imidazole rings is 2. The van der Waals surface area contributed by atoms with E-state index in [1.807, 2.05) is 74.1 Å². The summed E-state index contributed by atoms with van der Waals surface area (Å²) in [6.45, 7) is 6.58. The molecule has 0 unspecified atom stereocenters. The molecule has 0 atom stereocenters. The number of nitrogens with one attached hydrogen (secondary N) is 2. The number of aromatic amines is 2. The zero-order valence-electron chi connectivity index (χ0n) is 25.9. The smallest absolute Gasteiger partial charge is 0.256 e. The molecule has 0 saturated heterocycles. The highest BCUT2D eigenvalue weighted by atomic mass is 35.5. The second-order valence-electron chi connectivity index (χ2n) is 11.7. The number of hydrogen-bond donors (Lipinski definition) is 2. The molecule has 2 N–H and O–H groups in total. The number of aromatic nitrogens is 6. The Balaban J connectivity index is 0.000000155. The van der Waals surface area contributed by atoms with Crippen LogP contribution in [0.3, 0.4) is 0 Å². The van der Waals surface area contributed by atoms with Crippen molar-refractivity contribution in [1.82, 2.24) is 38.9 Å². The van der Waals surface area contributed by atoms with Gasteiger partial charge in [0.25, 0.3) is 11.8 Å². The van der Waals surface area contributed by atoms with Crippen LogP contribution in [-0.2, 0) is 40.0 Å². The summed E-state index contributed by atoms with van der Waals surface area (Å²) in [6, 6.07) is 16.2. The van der Waals surface area contributed by atoms with Crippen LogP contribution in [0, 0.1) is 13.8 Å². The molecule has 6 heterocycles. The Hall–Kier alpha value is -4.83. The maximum absolute atomic E-state index is 13.0. The molecule has 232 valence electrons. The minimum atomic E-state index is 0. The molecule has 10 nitrogen and oxygen atoms in total. The first kappa shape index (κ1) is 30.2. The predicted octanol–water partition coefficient (Wildman–Crippen LogP) is 5.24. The average Bonchev–Trinajstić information content (AvgIpc) is 3.78. The van der Waals surface area contributed by atoms with Crippen molar-refractivity contribution >= 4 is 46.0 Å². The second-order valence-corrected chi connectivity index (χ2v) is 11.7. The molecule has 0 saturated carbocycles. The molecule has 0 radical (unpaired) electrons. The Bertz CT molecular complexity index is 1900. The van der Waals surface area contributed by atoms with Crippen molar-refractivity contribution in [3.05, 3.63) is 106 Å². The van der Waals surface area contributed by atoms with Gasteiger partial charge >= 0.3 is 0 Å². The Morgan fingerprint density at radius 2 is 1.07 bits per heavy atom. The Morgan fingerprint density at radius 3 is 1.44 bits per heavy atom. The zero-order valence-corrected chi connectivity index (χ0v) is 26.7. The molecule has 2 aliphatic heterocycles. The first-order valence-corrected chi connectivity index (χ1v) is 15.0. The molecular formula is C34H37ClN8O2. The van der Waals surface area contributed by atoms with Crippen LogP contribution in [0.1, 0.15) is 54.9 Å². The van der Waals surface area contributed by atoms with Crippen LogP contribution in [0.5, 0.6) is 0 Å². The molecule has 0 fully saturated rings. The number of carbonyl (C=O) groups excluding carboxylic acids is 2. The molecule has 0 bridgehead atoms. The van der Waals surface area contributed by atoms with E-state index in [2.05, 4.69) is 41.2 Å². The van der Waals surface area contributed by atoms with Crippen LogP contribution < -0.4 is 0 Å². The number of halogens is 1. The number of carbonyl (C=O) groups is 2. The summed E-state index contributed by atoms with van der Waals surface area (Å²) in [7, 11) is 4.09. The van der Waals surface area contributed by atoms with Crippen molar-refractivity contribution in [3.63, 3.8) is 0 Å². The van der Waals surface area contributed by atoms with E-state index in [0.717, 1.165) is 93.0 Å². The number of nitrogens with zero attached hydrogens (tertiary/aromatic N) is 6. The normalized spacial score (nSPS) is 14.3. The van der Waals surface area contributed by atoms with Crippen molar-refractivity contribution < 1.29 is 9.59 Å². The zero-order chi connectivity index (χ0) is 30.5. The Labute approximate surface area is 267 Å².